The third-order valence-electron chi connectivity index (χ3n) is 4.76. The van der Waals surface area contributed by atoms with Gasteiger partial charge in [-0.15, -0.1) is 24.5 Å². The summed E-state index contributed by atoms with van der Waals surface area (Å²) < 4.78 is 69.2. The highest BCUT2D eigenvalue weighted by atomic mass is 32.2. The number of halogens is 3. The average molecular weight is 490 g/mol. The first-order valence-electron chi connectivity index (χ1n) is 9.38. The zero-order chi connectivity index (χ0) is 23.2. The molecule has 0 aliphatic carbocycles. The predicted octanol–water partition coefficient (Wildman–Crippen LogP) is 5.53. The summed E-state index contributed by atoms with van der Waals surface area (Å²) in [6, 6.07) is 12.8. The lowest BCUT2D eigenvalue weighted by molar-refractivity contribution is -0.274. The van der Waals surface area contributed by atoms with Crippen LogP contribution in [-0.2, 0) is 10.0 Å². The van der Waals surface area contributed by atoms with E-state index in [1.165, 1.54) is 23.7 Å². The van der Waals surface area contributed by atoms with Gasteiger partial charge in [0.05, 0.1) is 26.1 Å². The summed E-state index contributed by atoms with van der Waals surface area (Å²) in [6.45, 7) is 0. The van der Waals surface area contributed by atoms with Crippen LogP contribution in [0.25, 0.3) is 21.1 Å². The van der Waals surface area contributed by atoms with Crippen molar-refractivity contribution in [2.24, 2.45) is 0 Å². The molecule has 33 heavy (non-hydrogen) atoms. The van der Waals surface area contributed by atoms with Crippen LogP contribution in [0, 0.1) is 0 Å². The largest absolute Gasteiger partial charge is 0.573 e. The van der Waals surface area contributed by atoms with Crippen molar-refractivity contribution in [2.45, 2.75) is 11.3 Å². The maximum atomic E-state index is 13.1. The molecule has 0 saturated heterocycles. The van der Waals surface area contributed by atoms with Crippen molar-refractivity contribution >= 4 is 54.0 Å². The van der Waals surface area contributed by atoms with E-state index in [0.717, 1.165) is 44.1 Å². The second-order valence-corrected chi connectivity index (χ2v) is 9.63. The lowest BCUT2D eigenvalue weighted by atomic mass is 10.3. The summed E-state index contributed by atoms with van der Waals surface area (Å²) in [5.74, 6) is -0.0807. The minimum Gasteiger partial charge on any atom is -0.406 e. The predicted molar refractivity (Wildman–Crippen MR) is 118 cm³/mol. The molecule has 0 fully saturated rings. The van der Waals surface area contributed by atoms with Crippen LogP contribution in [0.15, 0.2) is 77.4 Å². The molecule has 0 saturated carbocycles. The maximum absolute atomic E-state index is 13.1. The lowest BCUT2D eigenvalue weighted by Gasteiger charge is -2.11. The van der Waals surface area contributed by atoms with Gasteiger partial charge in [-0.05, 0) is 48.5 Å². The standard InChI is InChI=1S/C21H13F3N4O3S2/c22-21(23,24)31-15-2-4-16(5-3-15)33(29,30)28-8-7-13-11-25-20(10-18(13)28)27-14-1-6-17-19(9-14)32-12-26-17/h1-12H,(H,25,27). The molecule has 2 aromatic carbocycles. The molecule has 3 aromatic heterocycles. The quantitative estimate of drug-likeness (QED) is 0.349. The van der Waals surface area contributed by atoms with Gasteiger partial charge in [0.1, 0.15) is 11.6 Å². The normalized spacial score (nSPS) is 12.3. The fourth-order valence-corrected chi connectivity index (χ4v) is 5.35. The average Bonchev–Trinajstić information content (AvgIpc) is 3.39. The third-order valence-corrected chi connectivity index (χ3v) is 7.25. The number of nitrogens with one attached hydrogen (secondary N) is 1. The molecule has 0 bridgehead atoms. The van der Waals surface area contributed by atoms with Gasteiger partial charge in [-0.3, -0.25) is 0 Å². The smallest absolute Gasteiger partial charge is 0.406 e. The monoisotopic (exact) mass is 490 g/mol. The van der Waals surface area contributed by atoms with Gasteiger partial charge in [0.2, 0.25) is 0 Å². The molecule has 0 spiro atoms. The first kappa shape index (κ1) is 21.2. The first-order chi connectivity index (χ1) is 15.7. The molecule has 0 amide bonds. The SMILES string of the molecule is O=S(=O)(c1ccc(OC(F)(F)F)cc1)n1ccc2cnc(Nc3ccc4ncsc4c3)cc21. The Balaban J connectivity index is 1.47. The van der Waals surface area contributed by atoms with Crippen LogP contribution in [0.3, 0.4) is 0 Å². The second kappa shape index (κ2) is 7.74. The topological polar surface area (TPSA) is 86.1 Å². The number of nitrogens with zero attached hydrogens (tertiary/aromatic N) is 3. The number of aromatic nitrogens is 3. The third kappa shape index (κ3) is 4.22. The Labute approximate surface area is 189 Å². The van der Waals surface area contributed by atoms with Crippen LogP contribution < -0.4 is 10.1 Å². The molecule has 12 heteroatoms. The molecule has 0 aliphatic heterocycles. The van der Waals surface area contributed by atoms with Gasteiger partial charge >= 0.3 is 6.36 Å². The van der Waals surface area contributed by atoms with Crippen LogP contribution >= 0.6 is 11.3 Å². The fraction of sp³-hybridized carbons (Fsp3) is 0.0476. The molecule has 5 rings (SSSR count). The minimum atomic E-state index is -4.86. The number of alkyl halides is 3. The Hall–Kier alpha value is -3.64. The Kier molecular flexibility index (Phi) is 4.98. The molecule has 168 valence electrons. The molecule has 1 N–H and O–H groups in total. The van der Waals surface area contributed by atoms with E-state index in [0.29, 0.717) is 16.7 Å². The van der Waals surface area contributed by atoms with Crippen LogP contribution in [0.2, 0.25) is 0 Å². The fourth-order valence-electron chi connectivity index (χ4n) is 3.29. The van der Waals surface area contributed by atoms with E-state index in [1.807, 2.05) is 18.2 Å². The van der Waals surface area contributed by atoms with Crippen molar-refractivity contribution in [3.63, 3.8) is 0 Å². The number of hydrogen-bond acceptors (Lipinski definition) is 7. The van der Waals surface area contributed by atoms with Gasteiger partial charge in [-0.25, -0.2) is 22.4 Å². The number of thiazole rings is 1. The summed E-state index contributed by atoms with van der Waals surface area (Å²) in [6.07, 6.45) is -1.96. The number of hydrogen-bond donors (Lipinski definition) is 1. The molecule has 0 aliphatic rings. The van der Waals surface area contributed by atoms with Crippen molar-refractivity contribution in [3.8, 4) is 5.75 Å². The van der Waals surface area contributed by atoms with Crippen LogP contribution in [-0.4, -0.2) is 28.7 Å². The highest BCUT2D eigenvalue weighted by Crippen LogP contribution is 2.29. The minimum absolute atomic E-state index is 0.184. The van der Waals surface area contributed by atoms with E-state index in [4.69, 9.17) is 0 Å². The number of pyridine rings is 1. The molecule has 0 radical (unpaired) electrons. The molecular formula is C21H13F3N4O3S2. The van der Waals surface area contributed by atoms with E-state index < -0.39 is 22.1 Å². The molecule has 0 atom stereocenters. The van der Waals surface area contributed by atoms with Gasteiger partial charge in [0.25, 0.3) is 10.0 Å². The molecule has 3 heterocycles. The lowest BCUT2D eigenvalue weighted by Crippen LogP contribution is -2.17. The van der Waals surface area contributed by atoms with Crippen molar-refractivity contribution in [2.75, 3.05) is 5.32 Å². The van der Waals surface area contributed by atoms with Crippen molar-refractivity contribution in [1.29, 1.82) is 0 Å². The van der Waals surface area contributed by atoms with Gasteiger partial charge < -0.3 is 10.1 Å². The van der Waals surface area contributed by atoms with Crippen LogP contribution in [0.4, 0.5) is 24.7 Å². The summed E-state index contributed by atoms with van der Waals surface area (Å²) in [5, 5.41) is 3.73. The number of rotatable bonds is 5. The summed E-state index contributed by atoms with van der Waals surface area (Å²) in [4.78, 5) is 8.38. The van der Waals surface area contributed by atoms with Crippen molar-refractivity contribution < 1.29 is 26.3 Å². The Bertz CT molecular complexity index is 1580. The van der Waals surface area contributed by atoms with Crippen LogP contribution in [0.1, 0.15) is 0 Å². The van der Waals surface area contributed by atoms with Crippen LogP contribution in [0.5, 0.6) is 5.75 Å². The Morgan fingerprint density at radius 1 is 1.00 bits per heavy atom. The van der Waals surface area contributed by atoms with Crippen molar-refractivity contribution in [1.82, 2.24) is 13.9 Å². The summed E-state index contributed by atoms with van der Waals surface area (Å²) in [5.41, 5.74) is 3.75. The highest BCUT2D eigenvalue weighted by molar-refractivity contribution is 7.90. The van der Waals surface area contributed by atoms with E-state index in [-0.39, 0.29) is 4.90 Å². The van der Waals surface area contributed by atoms with Gasteiger partial charge in [-0.1, -0.05) is 0 Å². The van der Waals surface area contributed by atoms with E-state index >= 15 is 0 Å². The number of benzene rings is 2. The summed E-state index contributed by atoms with van der Waals surface area (Å²) in [7, 11) is -4.08. The molecular weight excluding hydrogens is 477 g/mol. The summed E-state index contributed by atoms with van der Waals surface area (Å²) >= 11 is 1.50. The Morgan fingerprint density at radius 3 is 2.55 bits per heavy atom. The highest BCUT2D eigenvalue weighted by Gasteiger charge is 2.31. The second-order valence-electron chi connectivity index (χ2n) is 6.92. The molecule has 0 unspecified atom stereocenters. The van der Waals surface area contributed by atoms with Gasteiger partial charge in [0, 0.05) is 29.5 Å². The number of fused-ring (bicyclic) bond motifs is 2. The zero-order valence-corrected chi connectivity index (χ0v) is 18.1. The van der Waals surface area contributed by atoms with Crippen molar-refractivity contribution in [3.05, 3.63) is 72.5 Å². The number of anilines is 2. The van der Waals surface area contributed by atoms with E-state index in [9.17, 15) is 21.6 Å². The van der Waals surface area contributed by atoms with E-state index in [1.54, 1.807) is 17.6 Å². The molecule has 7 nitrogen and oxygen atoms in total. The van der Waals surface area contributed by atoms with Gasteiger partial charge in [-0.2, -0.15) is 0 Å². The zero-order valence-electron chi connectivity index (χ0n) is 16.4. The molecule has 5 aromatic rings. The van der Waals surface area contributed by atoms with E-state index in [2.05, 4.69) is 20.0 Å². The number of ether oxygens (including phenoxy) is 1. The van der Waals surface area contributed by atoms with Gasteiger partial charge in [0.15, 0.2) is 0 Å². The maximum Gasteiger partial charge on any atom is 0.573 e. The first-order valence-corrected chi connectivity index (χ1v) is 11.7. The Morgan fingerprint density at radius 2 is 1.79 bits per heavy atom.